The first-order valence-corrected chi connectivity index (χ1v) is 13.4. The van der Waals surface area contributed by atoms with Gasteiger partial charge in [0.2, 0.25) is 17.7 Å². The highest BCUT2D eigenvalue weighted by atomic mass is 32.1. The van der Waals surface area contributed by atoms with Gasteiger partial charge >= 0.3 is 0 Å². The Bertz CT molecular complexity index is 942. The molecule has 0 saturated carbocycles. The number of hydrogen-bond acceptors (Lipinski definition) is 7. The lowest BCUT2D eigenvalue weighted by Crippen LogP contribution is -2.56. The fraction of sp³-hybridized carbons (Fsp3) is 0.519. The Morgan fingerprint density at radius 1 is 0.973 bits per heavy atom. The number of rotatable bonds is 17. The molecule has 3 N–H and O–H groups in total. The molecule has 3 amide bonds. The number of nitrogens with zero attached hydrogens (tertiary/aromatic N) is 2. The summed E-state index contributed by atoms with van der Waals surface area (Å²) in [5.74, 6) is -0.983. The molecule has 2 aromatic rings. The number of nitrogens with two attached hydrogens (primary N) is 1. The molecule has 9 nitrogen and oxygen atoms in total. The van der Waals surface area contributed by atoms with Crippen LogP contribution in [0.3, 0.4) is 0 Å². The first kappa shape index (κ1) is 30.4. The molecule has 0 aliphatic carbocycles. The van der Waals surface area contributed by atoms with E-state index in [-0.39, 0.29) is 30.9 Å². The third kappa shape index (κ3) is 10.2. The molecule has 0 aliphatic rings. The van der Waals surface area contributed by atoms with Gasteiger partial charge in [0.1, 0.15) is 18.7 Å². The molecular formula is C27H40N4O5S. The molecule has 10 heteroatoms. The lowest BCUT2D eigenvalue weighted by molar-refractivity contribution is -0.151. The van der Waals surface area contributed by atoms with Crippen LogP contribution in [0.15, 0.2) is 47.8 Å². The lowest BCUT2D eigenvalue weighted by Gasteiger charge is -2.34. The van der Waals surface area contributed by atoms with Gasteiger partial charge in [0.25, 0.3) is 0 Å². The summed E-state index contributed by atoms with van der Waals surface area (Å²) in [4.78, 5) is 43.1. The van der Waals surface area contributed by atoms with Crippen molar-refractivity contribution in [3.63, 3.8) is 0 Å². The van der Waals surface area contributed by atoms with E-state index in [1.807, 2.05) is 47.8 Å². The van der Waals surface area contributed by atoms with E-state index in [1.165, 1.54) is 21.1 Å². The van der Waals surface area contributed by atoms with E-state index in [1.54, 1.807) is 21.1 Å². The number of hydrogen-bond donors (Lipinski definition) is 2. The number of likely N-dealkylation sites (N-methyl/N-ethyl adjacent to an activating group) is 3. The van der Waals surface area contributed by atoms with Crippen molar-refractivity contribution in [2.45, 2.75) is 44.4 Å². The van der Waals surface area contributed by atoms with Crippen LogP contribution in [0.4, 0.5) is 0 Å². The molecule has 1 heterocycles. The Kier molecular flexibility index (Phi) is 13.9. The highest BCUT2D eigenvalue weighted by Gasteiger charge is 2.35. The van der Waals surface area contributed by atoms with E-state index in [0.29, 0.717) is 26.2 Å². The molecule has 1 aromatic carbocycles. The topological polar surface area (TPSA) is 114 Å². The van der Waals surface area contributed by atoms with E-state index >= 15 is 0 Å². The van der Waals surface area contributed by atoms with Crippen LogP contribution in [-0.4, -0.2) is 87.1 Å². The first-order chi connectivity index (χ1) is 17.9. The van der Waals surface area contributed by atoms with E-state index in [9.17, 15) is 14.4 Å². The van der Waals surface area contributed by atoms with Gasteiger partial charge in [0.15, 0.2) is 0 Å². The van der Waals surface area contributed by atoms with Gasteiger partial charge in [-0.2, -0.15) is 0 Å². The number of carbonyl (C=O) groups is 3. The molecule has 0 aliphatic heterocycles. The summed E-state index contributed by atoms with van der Waals surface area (Å²) in [6.45, 7) is 1.21. The van der Waals surface area contributed by atoms with Gasteiger partial charge in [-0.25, -0.2) is 0 Å². The molecular weight excluding hydrogens is 492 g/mol. The van der Waals surface area contributed by atoms with Crippen molar-refractivity contribution < 1.29 is 23.9 Å². The maximum atomic E-state index is 13.7. The van der Waals surface area contributed by atoms with Crippen molar-refractivity contribution in [3.05, 3.63) is 58.3 Å². The summed E-state index contributed by atoms with van der Waals surface area (Å²) >= 11 is 1.52. The standard InChI is InChI=1S/C27H40N4O5S/c1-29-26(33)23(17-22-13-10-16-37-22)31(3)27(34)24(19-36-18-21-11-6-4-7-12-21)30(2)25(32)20-35-15-9-5-8-14-28/h4,6-7,10-13,16,23-24H,5,8-9,14-15,17-20,28H2,1-3H3,(H,29,33)/t23-,24-/m1/s1. The largest absolute Gasteiger partial charge is 0.374 e. The van der Waals surface area contributed by atoms with Crippen LogP contribution in [0.5, 0.6) is 0 Å². The third-order valence-corrected chi connectivity index (χ3v) is 6.99. The van der Waals surface area contributed by atoms with Crippen LogP contribution in [0.1, 0.15) is 29.7 Å². The quantitative estimate of drug-likeness (QED) is 0.302. The predicted molar refractivity (Wildman–Crippen MR) is 145 cm³/mol. The molecule has 0 saturated heterocycles. The summed E-state index contributed by atoms with van der Waals surface area (Å²) in [7, 11) is 4.70. The van der Waals surface area contributed by atoms with Gasteiger partial charge in [-0.3, -0.25) is 14.4 Å². The second kappa shape index (κ2) is 16.9. The smallest absolute Gasteiger partial charge is 0.249 e. The highest BCUT2D eigenvalue weighted by Crippen LogP contribution is 2.16. The molecule has 0 unspecified atom stereocenters. The first-order valence-electron chi connectivity index (χ1n) is 12.5. The third-order valence-electron chi connectivity index (χ3n) is 6.09. The average Bonchev–Trinajstić information content (AvgIpc) is 3.44. The Morgan fingerprint density at radius 2 is 1.73 bits per heavy atom. The van der Waals surface area contributed by atoms with Crippen LogP contribution in [0.25, 0.3) is 0 Å². The maximum Gasteiger partial charge on any atom is 0.249 e. The van der Waals surface area contributed by atoms with Gasteiger partial charge in [-0.1, -0.05) is 36.4 Å². The average molecular weight is 533 g/mol. The Labute approximate surface area is 223 Å². The Hall–Kier alpha value is -2.79. The molecule has 2 rings (SSSR count). The number of carbonyl (C=O) groups excluding carboxylic acids is 3. The fourth-order valence-corrected chi connectivity index (χ4v) is 4.49. The van der Waals surface area contributed by atoms with E-state index in [4.69, 9.17) is 15.2 Å². The predicted octanol–water partition coefficient (Wildman–Crippen LogP) is 2.05. The van der Waals surface area contributed by atoms with E-state index < -0.39 is 12.1 Å². The van der Waals surface area contributed by atoms with Crippen molar-refractivity contribution in [1.82, 2.24) is 15.1 Å². The summed E-state index contributed by atoms with van der Waals surface area (Å²) in [6.07, 6.45) is 3.04. The summed E-state index contributed by atoms with van der Waals surface area (Å²) in [6, 6.07) is 11.8. The Morgan fingerprint density at radius 3 is 2.38 bits per heavy atom. The molecule has 37 heavy (non-hydrogen) atoms. The van der Waals surface area contributed by atoms with Crippen molar-refractivity contribution in [2.75, 3.05) is 47.5 Å². The molecule has 0 spiro atoms. The molecule has 1 aromatic heterocycles. The van der Waals surface area contributed by atoms with E-state index in [0.717, 1.165) is 29.7 Å². The summed E-state index contributed by atoms with van der Waals surface area (Å²) in [5.41, 5.74) is 6.46. The van der Waals surface area contributed by atoms with Gasteiger partial charge in [-0.15, -0.1) is 11.3 Å². The lowest BCUT2D eigenvalue weighted by atomic mass is 10.1. The second-order valence-electron chi connectivity index (χ2n) is 8.79. The zero-order chi connectivity index (χ0) is 27.0. The number of thiophene rings is 1. The molecule has 204 valence electrons. The zero-order valence-corrected chi connectivity index (χ0v) is 22.9. The van der Waals surface area contributed by atoms with Crippen LogP contribution >= 0.6 is 11.3 Å². The molecule has 0 bridgehead atoms. The van der Waals surface area contributed by atoms with Crippen LogP contribution in [-0.2, 0) is 36.9 Å². The maximum absolute atomic E-state index is 13.7. The number of amides is 3. The van der Waals surface area contributed by atoms with E-state index in [2.05, 4.69) is 5.32 Å². The molecule has 0 radical (unpaired) electrons. The van der Waals surface area contributed by atoms with Gasteiger partial charge < -0.3 is 30.3 Å². The number of benzene rings is 1. The zero-order valence-electron chi connectivity index (χ0n) is 22.1. The van der Waals surface area contributed by atoms with Crippen molar-refractivity contribution >= 4 is 29.1 Å². The van der Waals surface area contributed by atoms with Crippen LogP contribution < -0.4 is 11.1 Å². The minimum atomic E-state index is -0.919. The normalized spacial score (nSPS) is 12.5. The Balaban J connectivity index is 2.11. The highest BCUT2D eigenvalue weighted by molar-refractivity contribution is 7.09. The summed E-state index contributed by atoms with van der Waals surface area (Å²) < 4.78 is 11.4. The monoisotopic (exact) mass is 532 g/mol. The summed E-state index contributed by atoms with van der Waals surface area (Å²) in [5, 5.41) is 4.58. The van der Waals surface area contributed by atoms with Gasteiger partial charge in [0.05, 0.1) is 13.2 Å². The second-order valence-corrected chi connectivity index (χ2v) is 9.82. The van der Waals surface area contributed by atoms with Crippen LogP contribution in [0, 0.1) is 0 Å². The molecule has 2 atom stereocenters. The van der Waals surface area contributed by atoms with Crippen molar-refractivity contribution in [3.8, 4) is 0 Å². The van der Waals surface area contributed by atoms with Crippen molar-refractivity contribution in [2.24, 2.45) is 5.73 Å². The number of nitrogens with one attached hydrogen (secondary N) is 1. The van der Waals surface area contributed by atoms with Crippen LogP contribution in [0.2, 0.25) is 0 Å². The van der Waals surface area contributed by atoms with Gasteiger partial charge in [-0.05, 0) is 42.8 Å². The molecule has 0 fully saturated rings. The fourth-order valence-electron chi connectivity index (χ4n) is 3.75. The number of unbranched alkanes of at least 4 members (excludes halogenated alkanes) is 2. The van der Waals surface area contributed by atoms with Gasteiger partial charge in [0, 0.05) is 39.0 Å². The SMILES string of the molecule is CNC(=O)[C@@H](Cc1cccs1)N(C)C(=O)[C@@H](COCc1ccccc1)N(C)C(=O)COCCCCCN. The minimum Gasteiger partial charge on any atom is -0.374 e. The van der Waals surface area contributed by atoms with Crippen molar-refractivity contribution in [1.29, 1.82) is 0 Å². The number of ether oxygens (including phenoxy) is 2. The minimum absolute atomic E-state index is 0.0176.